The molecule has 2 aliphatic rings. The third kappa shape index (κ3) is 5.14. The maximum atomic E-state index is 12.6. The van der Waals surface area contributed by atoms with Gasteiger partial charge in [-0.2, -0.15) is 0 Å². The second kappa shape index (κ2) is 9.24. The standard InChI is InChI=1S/C24H30N2O2/c27-24(20-14-16-26(17-15-20)18-19-6-2-1-3-7-19)25-21-10-12-23(13-11-21)28-22-8-4-5-9-22/h1-3,6-7,10-13,20,22H,4-5,8-9,14-18H2,(H,25,27). The summed E-state index contributed by atoms with van der Waals surface area (Å²) in [7, 11) is 0. The van der Waals surface area contributed by atoms with Crippen molar-refractivity contribution in [1.82, 2.24) is 4.90 Å². The van der Waals surface area contributed by atoms with E-state index in [0.717, 1.165) is 56.8 Å². The molecular weight excluding hydrogens is 348 g/mol. The van der Waals surface area contributed by atoms with Crippen molar-refractivity contribution in [1.29, 1.82) is 0 Å². The van der Waals surface area contributed by atoms with Gasteiger partial charge in [0.1, 0.15) is 5.75 Å². The largest absolute Gasteiger partial charge is 0.490 e. The van der Waals surface area contributed by atoms with Gasteiger partial charge in [0.15, 0.2) is 0 Å². The zero-order chi connectivity index (χ0) is 19.2. The van der Waals surface area contributed by atoms with Crippen LogP contribution in [0.3, 0.4) is 0 Å². The molecule has 1 saturated carbocycles. The fourth-order valence-corrected chi connectivity index (χ4v) is 4.25. The van der Waals surface area contributed by atoms with Gasteiger partial charge in [-0.1, -0.05) is 30.3 Å². The molecule has 0 spiro atoms. The first kappa shape index (κ1) is 19.0. The van der Waals surface area contributed by atoms with Crippen LogP contribution in [0.4, 0.5) is 5.69 Å². The Morgan fingerprint density at radius 2 is 1.61 bits per heavy atom. The van der Waals surface area contributed by atoms with Crippen molar-refractivity contribution in [3.05, 3.63) is 60.2 Å². The molecule has 1 amide bonds. The van der Waals surface area contributed by atoms with E-state index >= 15 is 0 Å². The monoisotopic (exact) mass is 378 g/mol. The number of piperidine rings is 1. The molecule has 0 atom stereocenters. The normalized spacial score (nSPS) is 18.9. The van der Waals surface area contributed by atoms with Gasteiger partial charge in [-0.05, 0) is 81.4 Å². The lowest BCUT2D eigenvalue weighted by Crippen LogP contribution is -2.37. The summed E-state index contributed by atoms with van der Waals surface area (Å²) in [4.78, 5) is 15.1. The number of nitrogens with one attached hydrogen (secondary N) is 1. The molecule has 2 aromatic rings. The highest BCUT2D eigenvalue weighted by Gasteiger charge is 2.25. The highest BCUT2D eigenvalue weighted by molar-refractivity contribution is 5.92. The van der Waals surface area contributed by atoms with Crippen LogP contribution in [0.5, 0.6) is 5.75 Å². The first-order valence-electron chi connectivity index (χ1n) is 10.6. The number of hydrogen-bond donors (Lipinski definition) is 1. The zero-order valence-corrected chi connectivity index (χ0v) is 16.5. The van der Waals surface area contributed by atoms with E-state index in [4.69, 9.17) is 4.74 Å². The molecule has 1 aliphatic carbocycles. The van der Waals surface area contributed by atoms with Gasteiger partial charge in [-0.25, -0.2) is 0 Å². The maximum absolute atomic E-state index is 12.6. The fourth-order valence-electron chi connectivity index (χ4n) is 4.25. The van der Waals surface area contributed by atoms with Crippen LogP contribution in [-0.2, 0) is 11.3 Å². The summed E-state index contributed by atoms with van der Waals surface area (Å²) in [5.41, 5.74) is 2.20. The van der Waals surface area contributed by atoms with Crippen molar-refractivity contribution >= 4 is 11.6 Å². The van der Waals surface area contributed by atoms with E-state index in [2.05, 4.69) is 34.5 Å². The third-order valence-electron chi connectivity index (χ3n) is 5.93. The quantitative estimate of drug-likeness (QED) is 0.780. The van der Waals surface area contributed by atoms with E-state index in [1.807, 2.05) is 30.3 Å². The fraction of sp³-hybridized carbons (Fsp3) is 0.458. The molecule has 2 aromatic carbocycles. The van der Waals surface area contributed by atoms with E-state index in [0.29, 0.717) is 6.10 Å². The number of likely N-dealkylation sites (tertiary alicyclic amines) is 1. The summed E-state index contributed by atoms with van der Waals surface area (Å²) in [6.07, 6.45) is 7.04. The summed E-state index contributed by atoms with van der Waals surface area (Å²) in [6.45, 7) is 2.92. The van der Waals surface area contributed by atoms with Crippen molar-refractivity contribution in [3.63, 3.8) is 0 Å². The molecule has 1 N–H and O–H groups in total. The molecule has 1 heterocycles. The van der Waals surface area contributed by atoms with Crippen LogP contribution in [0.1, 0.15) is 44.1 Å². The first-order valence-corrected chi connectivity index (χ1v) is 10.6. The average molecular weight is 379 g/mol. The van der Waals surface area contributed by atoms with Gasteiger partial charge >= 0.3 is 0 Å². The van der Waals surface area contributed by atoms with E-state index in [1.165, 1.54) is 18.4 Å². The Balaban J connectivity index is 1.23. The van der Waals surface area contributed by atoms with Crippen LogP contribution in [0.25, 0.3) is 0 Å². The van der Waals surface area contributed by atoms with Gasteiger partial charge < -0.3 is 10.1 Å². The maximum Gasteiger partial charge on any atom is 0.227 e. The van der Waals surface area contributed by atoms with Crippen molar-refractivity contribution in [2.45, 2.75) is 51.2 Å². The Bertz CT molecular complexity index is 746. The lowest BCUT2D eigenvalue weighted by molar-refractivity contribution is -0.121. The number of rotatable bonds is 6. The van der Waals surface area contributed by atoms with Crippen LogP contribution < -0.4 is 10.1 Å². The number of hydrogen-bond acceptors (Lipinski definition) is 3. The van der Waals surface area contributed by atoms with E-state index in [1.54, 1.807) is 0 Å². The summed E-state index contributed by atoms with van der Waals surface area (Å²) < 4.78 is 5.99. The number of amides is 1. The van der Waals surface area contributed by atoms with Gasteiger partial charge in [-0.3, -0.25) is 9.69 Å². The minimum atomic E-state index is 0.0986. The van der Waals surface area contributed by atoms with Gasteiger partial charge in [0.05, 0.1) is 6.10 Å². The van der Waals surface area contributed by atoms with Crippen molar-refractivity contribution in [2.75, 3.05) is 18.4 Å². The first-order chi connectivity index (χ1) is 13.8. The number of carbonyl (C=O) groups excluding carboxylic acids is 1. The predicted molar refractivity (Wildman–Crippen MR) is 112 cm³/mol. The van der Waals surface area contributed by atoms with Crippen LogP contribution >= 0.6 is 0 Å². The number of nitrogens with zero attached hydrogens (tertiary/aromatic N) is 1. The van der Waals surface area contributed by atoms with E-state index < -0.39 is 0 Å². The summed E-state index contributed by atoms with van der Waals surface area (Å²) >= 11 is 0. The zero-order valence-electron chi connectivity index (χ0n) is 16.5. The molecule has 0 radical (unpaired) electrons. The molecule has 148 valence electrons. The van der Waals surface area contributed by atoms with E-state index in [9.17, 15) is 4.79 Å². The molecule has 28 heavy (non-hydrogen) atoms. The van der Waals surface area contributed by atoms with Crippen molar-refractivity contribution < 1.29 is 9.53 Å². The summed E-state index contributed by atoms with van der Waals surface area (Å²) in [6, 6.07) is 18.4. The Kier molecular flexibility index (Phi) is 6.27. The topological polar surface area (TPSA) is 41.6 Å². The Hall–Kier alpha value is -2.33. The van der Waals surface area contributed by atoms with Crippen LogP contribution in [-0.4, -0.2) is 30.0 Å². The summed E-state index contributed by atoms with van der Waals surface area (Å²) in [5.74, 6) is 1.14. The Morgan fingerprint density at radius 3 is 2.29 bits per heavy atom. The smallest absolute Gasteiger partial charge is 0.227 e. The van der Waals surface area contributed by atoms with Gasteiger partial charge in [-0.15, -0.1) is 0 Å². The molecular formula is C24H30N2O2. The van der Waals surface area contributed by atoms with Gasteiger partial charge in [0, 0.05) is 18.2 Å². The minimum Gasteiger partial charge on any atom is -0.490 e. The number of carbonyl (C=O) groups is 1. The lowest BCUT2D eigenvalue weighted by atomic mass is 9.95. The minimum absolute atomic E-state index is 0.0986. The molecule has 0 bridgehead atoms. The molecule has 0 aromatic heterocycles. The Labute approximate surface area is 167 Å². The number of benzene rings is 2. The molecule has 4 heteroatoms. The van der Waals surface area contributed by atoms with E-state index in [-0.39, 0.29) is 11.8 Å². The lowest BCUT2D eigenvalue weighted by Gasteiger charge is -2.31. The SMILES string of the molecule is O=C(Nc1ccc(OC2CCCC2)cc1)C1CCN(Cc2ccccc2)CC1. The molecule has 0 unspecified atom stereocenters. The highest BCUT2D eigenvalue weighted by atomic mass is 16.5. The molecule has 2 fully saturated rings. The van der Waals surface area contributed by atoms with Crippen LogP contribution in [0.15, 0.2) is 54.6 Å². The van der Waals surface area contributed by atoms with Crippen molar-refractivity contribution in [3.8, 4) is 5.75 Å². The number of anilines is 1. The average Bonchev–Trinajstić information content (AvgIpc) is 3.24. The molecule has 1 saturated heterocycles. The number of ether oxygens (including phenoxy) is 1. The van der Waals surface area contributed by atoms with Gasteiger partial charge in [0.25, 0.3) is 0 Å². The highest BCUT2D eigenvalue weighted by Crippen LogP contribution is 2.26. The van der Waals surface area contributed by atoms with Gasteiger partial charge in [0.2, 0.25) is 5.91 Å². The second-order valence-electron chi connectivity index (χ2n) is 8.07. The third-order valence-corrected chi connectivity index (χ3v) is 5.93. The molecule has 4 rings (SSSR count). The summed E-state index contributed by atoms with van der Waals surface area (Å²) in [5, 5.41) is 3.08. The van der Waals surface area contributed by atoms with Crippen LogP contribution in [0, 0.1) is 5.92 Å². The second-order valence-corrected chi connectivity index (χ2v) is 8.07. The van der Waals surface area contributed by atoms with Crippen LogP contribution in [0.2, 0.25) is 0 Å². The molecule has 4 nitrogen and oxygen atoms in total. The predicted octanol–water partition coefficient (Wildman–Crippen LogP) is 4.86. The molecule has 1 aliphatic heterocycles. The Morgan fingerprint density at radius 1 is 0.929 bits per heavy atom. The van der Waals surface area contributed by atoms with Crippen molar-refractivity contribution in [2.24, 2.45) is 5.92 Å².